The van der Waals surface area contributed by atoms with E-state index in [1.165, 1.54) is 38.9 Å². The van der Waals surface area contributed by atoms with E-state index in [1.807, 2.05) is 0 Å². The molecule has 0 unspecified atom stereocenters. The molecule has 0 N–H and O–H groups in total. The monoisotopic (exact) mass is 169 g/mol. The molecule has 1 heterocycles. The van der Waals surface area contributed by atoms with Crippen molar-refractivity contribution in [2.75, 3.05) is 19.6 Å². The van der Waals surface area contributed by atoms with Gasteiger partial charge in [0.05, 0.1) is 0 Å². The normalized spacial score (nSPS) is 24.2. The average molecular weight is 169 g/mol. The summed E-state index contributed by atoms with van der Waals surface area (Å²) in [5, 5.41) is 0. The van der Waals surface area contributed by atoms with Crippen molar-refractivity contribution in [3.63, 3.8) is 0 Å². The van der Waals surface area contributed by atoms with Crippen LogP contribution in [0.15, 0.2) is 0 Å². The number of hydrogen-bond acceptors (Lipinski definition) is 1. The van der Waals surface area contributed by atoms with Gasteiger partial charge in [0.1, 0.15) is 0 Å². The van der Waals surface area contributed by atoms with E-state index in [2.05, 4.69) is 25.7 Å². The van der Waals surface area contributed by atoms with Crippen molar-refractivity contribution < 1.29 is 0 Å². The van der Waals surface area contributed by atoms with Crippen LogP contribution in [-0.4, -0.2) is 24.5 Å². The van der Waals surface area contributed by atoms with Crippen molar-refractivity contribution in [2.24, 2.45) is 11.8 Å². The lowest BCUT2D eigenvalue weighted by molar-refractivity contribution is 0.169. The Morgan fingerprint density at radius 3 is 2.42 bits per heavy atom. The van der Waals surface area contributed by atoms with Crippen molar-refractivity contribution in [2.45, 2.75) is 40.0 Å². The topological polar surface area (TPSA) is 3.24 Å². The lowest BCUT2D eigenvalue weighted by Crippen LogP contribution is -2.35. The third kappa shape index (κ3) is 3.14. The van der Waals surface area contributed by atoms with Crippen LogP contribution in [0.1, 0.15) is 40.0 Å². The van der Waals surface area contributed by atoms with Gasteiger partial charge in [0.25, 0.3) is 0 Å². The van der Waals surface area contributed by atoms with Crippen molar-refractivity contribution in [1.29, 1.82) is 0 Å². The average Bonchev–Trinajstić information content (AvgIpc) is 2.09. The summed E-state index contributed by atoms with van der Waals surface area (Å²) in [6.07, 6.45) is 4.15. The minimum Gasteiger partial charge on any atom is -0.303 e. The molecule has 0 amide bonds. The van der Waals surface area contributed by atoms with Crippen LogP contribution in [0.5, 0.6) is 0 Å². The lowest BCUT2D eigenvalue weighted by atomic mass is 9.98. The van der Waals surface area contributed by atoms with Gasteiger partial charge in [-0.3, -0.25) is 0 Å². The summed E-state index contributed by atoms with van der Waals surface area (Å²) in [6, 6.07) is 0. The van der Waals surface area contributed by atoms with Crippen LogP contribution in [-0.2, 0) is 0 Å². The molecule has 0 aromatic rings. The molecule has 0 spiro atoms. The predicted octanol–water partition coefficient (Wildman–Crippen LogP) is 2.76. The van der Waals surface area contributed by atoms with E-state index in [0.29, 0.717) is 0 Å². The Labute approximate surface area is 77.1 Å². The second-order valence-electron chi connectivity index (χ2n) is 4.50. The molecule has 0 radical (unpaired) electrons. The van der Waals surface area contributed by atoms with Gasteiger partial charge in [-0.15, -0.1) is 0 Å². The molecule has 1 heteroatoms. The molecule has 1 fully saturated rings. The summed E-state index contributed by atoms with van der Waals surface area (Å²) in [4.78, 5) is 2.63. The van der Waals surface area contributed by atoms with E-state index in [-0.39, 0.29) is 0 Å². The Hall–Kier alpha value is -0.0400. The lowest BCUT2D eigenvalue weighted by Gasteiger charge is -2.31. The van der Waals surface area contributed by atoms with Gasteiger partial charge in [-0.1, -0.05) is 27.2 Å². The fourth-order valence-corrected chi connectivity index (χ4v) is 1.81. The highest BCUT2D eigenvalue weighted by Crippen LogP contribution is 2.17. The summed E-state index contributed by atoms with van der Waals surface area (Å²) in [5.74, 6) is 1.86. The standard InChI is InChI=1S/C11H23N/c1-4-10(2)9-12-7-5-11(3)6-8-12/h10-11H,4-9H2,1-3H3/t10-/m1/s1. The van der Waals surface area contributed by atoms with Crippen LogP contribution in [0, 0.1) is 11.8 Å². The van der Waals surface area contributed by atoms with Crippen LogP contribution in [0.4, 0.5) is 0 Å². The summed E-state index contributed by atoms with van der Waals surface area (Å²) in [7, 11) is 0. The smallest absolute Gasteiger partial charge is 0.000692 e. The molecule has 72 valence electrons. The molecule has 1 atom stereocenters. The van der Waals surface area contributed by atoms with Gasteiger partial charge in [-0.2, -0.15) is 0 Å². The molecule has 12 heavy (non-hydrogen) atoms. The van der Waals surface area contributed by atoms with Crippen molar-refractivity contribution in [3.05, 3.63) is 0 Å². The largest absolute Gasteiger partial charge is 0.303 e. The maximum Gasteiger partial charge on any atom is 0.000692 e. The molecular weight excluding hydrogens is 146 g/mol. The van der Waals surface area contributed by atoms with Crippen LogP contribution >= 0.6 is 0 Å². The van der Waals surface area contributed by atoms with Crippen molar-refractivity contribution >= 4 is 0 Å². The van der Waals surface area contributed by atoms with E-state index < -0.39 is 0 Å². The number of piperidine rings is 1. The number of nitrogens with zero attached hydrogens (tertiary/aromatic N) is 1. The van der Waals surface area contributed by atoms with Crippen LogP contribution in [0.3, 0.4) is 0 Å². The van der Waals surface area contributed by atoms with E-state index in [4.69, 9.17) is 0 Å². The fraction of sp³-hybridized carbons (Fsp3) is 1.00. The first-order valence-electron chi connectivity index (χ1n) is 5.44. The highest BCUT2D eigenvalue weighted by Gasteiger charge is 2.16. The molecule has 0 aromatic carbocycles. The minimum absolute atomic E-state index is 0.887. The van der Waals surface area contributed by atoms with Crippen molar-refractivity contribution in [3.8, 4) is 0 Å². The van der Waals surface area contributed by atoms with E-state index >= 15 is 0 Å². The second kappa shape index (κ2) is 4.86. The number of rotatable bonds is 3. The molecule has 0 bridgehead atoms. The van der Waals surface area contributed by atoms with Crippen LogP contribution < -0.4 is 0 Å². The Morgan fingerprint density at radius 1 is 1.33 bits per heavy atom. The molecule has 1 nitrogen and oxygen atoms in total. The first kappa shape index (κ1) is 10.0. The van der Waals surface area contributed by atoms with Crippen LogP contribution in [0.25, 0.3) is 0 Å². The van der Waals surface area contributed by atoms with Gasteiger partial charge in [0.15, 0.2) is 0 Å². The third-order valence-corrected chi connectivity index (χ3v) is 3.14. The van der Waals surface area contributed by atoms with Gasteiger partial charge in [-0.05, 0) is 37.8 Å². The van der Waals surface area contributed by atoms with Gasteiger partial charge in [0, 0.05) is 6.54 Å². The Morgan fingerprint density at radius 2 is 1.92 bits per heavy atom. The highest BCUT2D eigenvalue weighted by atomic mass is 15.1. The number of hydrogen-bond donors (Lipinski definition) is 0. The summed E-state index contributed by atoms with van der Waals surface area (Å²) in [5.41, 5.74) is 0. The minimum atomic E-state index is 0.887. The Bertz CT molecular complexity index is 114. The van der Waals surface area contributed by atoms with Crippen molar-refractivity contribution in [1.82, 2.24) is 4.90 Å². The maximum atomic E-state index is 2.63. The van der Waals surface area contributed by atoms with Gasteiger partial charge in [-0.25, -0.2) is 0 Å². The predicted molar refractivity (Wildman–Crippen MR) is 54.3 cm³/mol. The zero-order chi connectivity index (χ0) is 8.97. The second-order valence-corrected chi connectivity index (χ2v) is 4.50. The first-order chi connectivity index (χ1) is 5.72. The molecule has 1 aliphatic heterocycles. The quantitative estimate of drug-likeness (QED) is 0.628. The van der Waals surface area contributed by atoms with Gasteiger partial charge in [0.2, 0.25) is 0 Å². The first-order valence-corrected chi connectivity index (χ1v) is 5.44. The molecule has 1 saturated heterocycles. The maximum absolute atomic E-state index is 2.63. The molecule has 0 aromatic heterocycles. The van der Waals surface area contributed by atoms with Gasteiger partial charge < -0.3 is 4.90 Å². The molecule has 1 rings (SSSR count). The van der Waals surface area contributed by atoms with E-state index in [1.54, 1.807) is 0 Å². The fourth-order valence-electron chi connectivity index (χ4n) is 1.81. The Balaban J connectivity index is 2.17. The molecule has 0 aliphatic carbocycles. The highest BCUT2D eigenvalue weighted by molar-refractivity contribution is 4.70. The van der Waals surface area contributed by atoms with E-state index in [9.17, 15) is 0 Å². The summed E-state index contributed by atoms with van der Waals surface area (Å²) < 4.78 is 0. The van der Waals surface area contributed by atoms with Crippen LogP contribution in [0.2, 0.25) is 0 Å². The SMILES string of the molecule is CC[C@@H](C)CN1CCC(C)CC1. The number of likely N-dealkylation sites (tertiary alicyclic amines) is 1. The summed E-state index contributed by atoms with van der Waals surface area (Å²) in [6.45, 7) is 11.0. The zero-order valence-corrected chi connectivity index (χ0v) is 8.84. The third-order valence-electron chi connectivity index (χ3n) is 3.14. The van der Waals surface area contributed by atoms with Gasteiger partial charge >= 0.3 is 0 Å². The molecular formula is C11H23N. The molecule has 0 saturated carbocycles. The van der Waals surface area contributed by atoms with E-state index in [0.717, 1.165) is 11.8 Å². The zero-order valence-electron chi connectivity index (χ0n) is 8.84. The summed E-state index contributed by atoms with van der Waals surface area (Å²) >= 11 is 0. The Kier molecular flexibility index (Phi) is 4.07. The molecule has 1 aliphatic rings.